The van der Waals surface area contributed by atoms with Crippen molar-refractivity contribution in [1.29, 1.82) is 0 Å². The van der Waals surface area contributed by atoms with E-state index in [1.807, 2.05) is 24.8 Å². The molecule has 6 heterocycles. The Morgan fingerprint density at radius 3 is 2.50 bits per heavy atom. The number of nitrogens with one attached hydrogen (secondary N) is 2. The van der Waals surface area contributed by atoms with Crippen LogP contribution in [0.4, 0.5) is 25.1 Å². The van der Waals surface area contributed by atoms with Gasteiger partial charge in [0.25, 0.3) is 5.91 Å². The minimum Gasteiger partial charge on any atom is -0.446 e. The Kier molecular flexibility index (Phi) is 8.98. The first-order valence-corrected chi connectivity index (χ1v) is 19.4. The minimum atomic E-state index is -0.776. The van der Waals surface area contributed by atoms with Crippen LogP contribution in [0.15, 0.2) is 48.8 Å². The van der Waals surface area contributed by atoms with Crippen LogP contribution in [0.3, 0.4) is 0 Å². The summed E-state index contributed by atoms with van der Waals surface area (Å²) in [7, 11) is 0. The molecule has 290 valence electrons. The molecule has 2 N–H and O–H groups in total. The maximum atomic E-state index is 15.8. The first-order chi connectivity index (χ1) is 26.9. The number of imide groups is 1. The third kappa shape index (κ3) is 6.63. The number of fused-ring (bicyclic) bond motifs is 2. The maximum absolute atomic E-state index is 15.8. The predicted octanol–water partition coefficient (Wildman–Crippen LogP) is 5.88. The Morgan fingerprint density at radius 1 is 0.964 bits per heavy atom. The van der Waals surface area contributed by atoms with Gasteiger partial charge in [-0.25, -0.2) is 18.6 Å². The molecule has 5 aliphatic rings. The third-order valence-corrected chi connectivity index (χ3v) is 12.5. The van der Waals surface area contributed by atoms with E-state index >= 15 is 8.78 Å². The second kappa shape index (κ2) is 13.9. The van der Waals surface area contributed by atoms with E-state index in [4.69, 9.17) is 4.74 Å². The van der Waals surface area contributed by atoms with E-state index in [0.717, 1.165) is 75.1 Å². The summed E-state index contributed by atoms with van der Waals surface area (Å²) in [4.78, 5) is 64.4. The molecule has 1 saturated carbocycles. The zero-order chi connectivity index (χ0) is 38.9. The summed E-state index contributed by atoms with van der Waals surface area (Å²) in [6.07, 6.45) is 6.61. The molecular formula is C42H43F2N7O5. The van der Waals surface area contributed by atoms with Gasteiger partial charge < -0.3 is 19.4 Å². The van der Waals surface area contributed by atoms with Gasteiger partial charge in [-0.2, -0.15) is 0 Å². The number of hydrogen-bond acceptors (Lipinski definition) is 9. The van der Waals surface area contributed by atoms with Crippen molar-refractivity contribution in [2.75, 3.05) is 42.9 Å². The van der Waals surface area contributed by atoms with E-state index in [0.29, 0.717) is 39.5 Å². The van der Waals surface area contributed by atoms with Gasteiger partial charge in [0.15, 0.2) is 5.82 Å². The van der Waals surface area contributed by atoms with E-state index < -0.39 is 23.9 Å². The van der Waals surface area contributed by atoms with E-state index in [2.05, 4.69) is 25.5 Å². The highest BCUT2D eigenvalue weighted by Gasteiger charge is 2.48. The standard InChI is InChI=1S/C42H43F2N7O5/c1-23-11-24(2)45-18-31(23)30-12-26-14-36(46-17-27(26)13-33(30)43)47-41(55)56-28-15-42(16-28)7-9-49(10-8-42)19-25-20-50(21-25)34-4-3-29-32(38(34)44)22-51(40(29)54)35-5-6-37(52)48-39(35)53/h3-4,11-14,17-18,25,28,35H,5-10,15-16,19-22H2,1-2H3,(H,46,47,55)(H,48,52,53). The summed E-state index contributed by atoms with van der Waals surface area (Å²) < 4.78 is 36.6. The van der Waals surface area contributed by atoms with Gasteiger partial charge in [0.05, 0.1) is 12.2 Å². The Balaban J connectivity index is 0.728. The van der Waals surface area contributed by atoms with Gasteiger partial charge in [-0.15, -0.1) is 0 Å². The van der Waals surface area contributed by atoms with Gasteiger partial charge in [0.1, 0.15) is 23.8 Å². The average Bonchev–Trinajstić information content (AvgIpc) is 3.46. The molecule has 2 aromatic heterocycles. The molecule has 1 aliphatic carbocycles. The average molecular weight is 764 g/mol. The number of benzene rings is 2. The Labute approximate surface area is 322 Å². The van der Waals surface area contributed by atoms with Gasteiger partial charge in [-0.3, -0.25) is 30.0 Å². The van der Waals surface area contributed by atoms with Crippen LogP contribution in [-0.4, -0.2) is 88.5 Å². The highest BCUT2D eigenvalue weighted by atomic mass is 19.1. The Hall–Kier alpha value is -5.50. The largest absolute Gasteiger partial charge is 0.446 e. The SMILES string of the molecule is Cc1cc(C)c(-c2cc3cc(NC(=O)OC4CC5(CCN(CC6CN(c7ccc8c(c7F)CN(C7CCC(=O)NC7=O)C8=O)C6)CC5)C4)ncc3cc2F)cn1. The first kappa shape index (κ1) is 36.2. The second-order valence-corrected chi connectivity index (χ2v) is 16.3. The molecule has 12 nitrogen and oxygen atoms in total. The number of ether oxygens (including phenoxy) is 1. The topological polar surface area (TPSA) is 137 Å². The van der Waals surface area contributed by atoms with E-state index in [9.17, 15) is 19.2 Å². The molecule has 0 radical (unpaired) electrons. The van der Waals surface area contributed by atoms with Crippen LogP contribution >= 0.6 is 0 Å². The minimum absolute atomic E-state index is 0.0165. The smallest absolute Gasteiger partial charge is 0.413 e. The summed E-state index contributed by atoms with van der Waals surface area (Å²) >= 11 is 0. The highest BCUT2D eigenvalue weighted by Crippen LogP contribution is 2.50. The molecule has 3 saturated heterocycles. The number of halogens is 2. The van der Waals surface area contributed by atoms with E-state index in [1.165, 1.54) is 11.0 Å². The van der Waals surface area contributed by atoms with Gasteiger partial charge in [0.2, 0.25) is 11.8 Å². The molecule has 1 spiro atoms. The molecule has 2 aromatic carbocycles. The molecule has 4 aromatic rings. The third-order valence-electron chi connectivity index (χ3n) is 12.5. The van der Waals surface area contributed by atoms with Crippen LogP contribution < -0.4 is 15.5 Å². The molecule has 9 rings (SSSR count). The van der Waals surface area contributed by atoms with Crippen molar-refractivity contribution in [2.24, 2.45) is 11.3 Å². The monoisotopic (exact) mass is 763 g/mol. The van der Waals surface area contributed by atoms with Crippen molar-refractivity contribution in [3.05, 3.63) is 82.8 Å². The lowest BCUT2D eigenvalue weighted by Crippen LogP contribution is -2.55. The van der Waals surface area contributed by atoms with Crippen molar-refractivity contribution in [1.82, 2.24) is 25.1 Å². The molecule has 4 amide bonds. The quantitative estimate of drug-likeness (QED) is 0.221. The van der Waals surface area contributed by atoms with Crippen LogP contribution in [-0.2, 0) is 20.9 Å². The molecule has 0 bridgehead atoms. The van der Waals surface area contributed by atoms with Crippen molar-refractivity contribution < 1.29 is 32.7 Å². The zero-order valence-electron chi connectivity index (χ0n) is 31.4. The van der Waals surface area contributed by atoms with Crippen LogP contribution in [0.25, 0.3) is 21.9 Å². The first-order valence-electron chi connectivity index (χ1n) is 19.4. The molecule has 1 atom stereocenters. The number of aromatic nitrogens is 2. The van der Waals surface area contributed by atoms with Gasteiger partial charge >= 0.3 is 6.09 Å². The summed E-state index contributed by atoms with van der Waals surface area (Å²) in [5.41, 5.74) is 4.18. The van der Waals surface area contributed by atoms with Gasteiger partial charge in [-0.1, -0.05) is 0 Å². The highest BCUT2D eigenvalue weighted by molar-refractivity contribution is 6.05. The van der Waals surface area contributed by atoms with E-state index in [-0.39, 0.29) is 54.1 Å². The molecule has 4 fully saturated rings. The molecule has 4 aliphatic heterocycles. The lowest BCUT2D eigenvalue weighted by molar-refractivity contribution is -0.136. The number of hydrogen-bond donors (Lipinski definition) is 2. The number of amides is 4. The second-order valence-electron chi connectivity index (χ2n) is 16.3. The fourth-order valence-electron chi connectivity index (χ4n) is 9.40. The van der Waals surface area contributed by atoms with Crippen LogP contribution in [0, 0.1) is 36.8 Å². The summed E-state index contributed by atoms with van der Waals surface area (Å²) in [6.45, 7) is 8.14. The summed E-state index contributed by atoms with van der Waals surface area (Å²) in [5.74, 6) is -1.28. The number of pyridine rings is 2. The van der Waals surface area contributed by atoms with Crippen molar-refractivity contribution >= 4 is 46.1 Å². The molecule has 14 heteroatoms. The molecule has 56 heavy (non-hydrogen) atoms. The Bertz CT molecular complexity index is 2300. The van der Waals surface area contributed by atoms with Crippen LogP contribution in [0.2, 0.25) is 0 Å². The normalized spacial score (nSPS) is 21.2. The fraction of sp³-hybridized carbons (Fsp3) is 0.429. The van der Waals surface area contributed by atoms with Gasteiger partial charge in [-0.05, 0) is 112 Å². The van der Waals surface area contributed by atoms with Gasteiger partial charge in [0, 0.05) is 77.7 Å². The molecule has 1 unspecified atom stereocenters. The summed E-state index contributed by atoms with van der Waals surface area (Å²) in [6, 6.07) is 9.39. The number of carbonyl (C=O) groups excluding carboxylic acids is 4. The summed E-state index contributed by atoms with van der Waals surface area (Å²) in [5, 5.41) is 6.40. The van der Waals surface area contributed by atoms with Crippen LogP contribution in [0.1, 0.15) is 65.7 Å². The number of aryl methyl sites for hydroxylation is 2. The zero-order valence-corrected chi connectivity index (χ0v) is 31.4. The lowest BCUT2D eigenvalue weighted by Gasteiger charge is -2.52. The Morgan fingerprint density at radius 2 is 1.75 bits per heavy atom. The number of anilines is 2. The maximum Gasteiger partial charge on any atom is 0.413 e. The van der Waals surface area contributed by atoms with E-state index in [1.54, 1.807) is 36.7 Å². The number of piperidine rings is 2. The predicted molar refractivity (Wildman–Crippen MR) is 204 cm³/mol. The van der Waals surface area contributed by atoms with Crippen molar-refractivity contribution in [2.45, 2.75) is 71.1 Å². The van der Waals surface area contributed by atoms with Crippen molar-refractivity contribution in [3.8, 4) is 11.1 Å². The van der Waals surface area contributed by atoms with Crippen LogP contribution in [0.5, 0.6) is 0 Å². The number of rotatable bonds is 7. The molecular weight excluding hydrogens is 721 g/mol. The number of likely N-dealkylation sites (tertiary alicyclic amines) is 1. The van der Waals surface area contributed by atoms with Crippen molar-refractivity contribution in [3.63, 3.8) is 0 Å². The lowest BCUT2D eigenvalue weighted by atomic mass is 9.61. The number of nitrogens with zero attached hydrogens (tertiary/aromatic N) is 5. The fourth-order valence-corrected chi connectivity index (χ4v) is 9.40. The number of carbonyl (C=O) groups is 4.